The average Bonchev–Trinajstić information content (AvgIpc) is 3.27. The van der Waals surface area contributed by atoms with Crippen LogP contribution in [0.4, 0.5) is 0 Å². The molecule has 0 amide bonds. The molecule has 10 atom stereocenters. The second-order valence-electron chi connectivity index (χ2n) is 14.0. The Morgan fingerprint density at radius 3 is 1.76 bits per heavy atom. The first kappa shape index (κ1) is 42.7. The Morgan fingerprint density at radius 2 is 1.22 bits per heavy atom. The van der Waals surface area contributed by atoms with Gasteiger partial charge < -0.3 is 43.3 Å². The Bertz CT molecular complexity index is 2020. The molecule has 0 aliphatic carbocycles. The molecule has 2 saturated heterocycles. The van der Waals surface area contributed by atoms with Crippen molar-refractivity contribution < 1.29 is 52.3 Å². The fraction of sp³-hybridized carbons (Fsp3) is 0.364. The predicted molar refractivity (Wildman–Crippen MR) is 212 cm³/mol. The Hall–Kier alpha value is -5.93. The number of benzene rings is 4. The third-order valence-electron chi connectivity index (χ3n) is 10.0. The third kappa shape index (κ3) is 11.4. The van der Waals surface area contributed by atoms with Crippen LogP contribution in [0.3, 0.4) is 0 Å². The number of rotatable bonds is 17. The van der Waals surface area contributed by atoms with Crippen LogP contribution in [-0.4, -0.2) is 92.4 Å². The van der Waals surface area contributed by atoms with E-state index in [1.807, 2.05) is 67.6 Å². The maximum absolute atomic E-state index is 13.6. The SMILES string of the molecule is CC(=O)OC[C@@H]1OC(C=N)C(OC(=O)c2ccccc2)C(OCc2ccccc2)[C@@H]1OC1OC(COC(=O)c2ccccc2)C(C)[C@H](OCc2ccccc2)[C@@H]1N=[N+]=[N-]. The number of carbonyl (C=O) groups excluding carboxylic acids is 3. The molecule has 0 saturated carbocycles. The number of nitrogens with one attached hydrogen (secondary N) is 1. The molecule has 0 spiro atoms. The van der Waals surface area contributed by atoms with Crippen LogP contribution in [0.15, 0.2) is 126 Å². The topological polar surface area (TPSA) is 198 Å². The number of carbonyl (C=O) groups is 3. The van der Waals surface area contributed by atoms with E-state index < -0.39 is 78.9 Å². The molecule has 15 nitrogen and oxygen atoms in total. The van der Waals surface area contributed by atoms with Crippen LogP contribution in [0.5, 0.6) is 0 Å². The van der Waals surface area contributed by atoms with Crippen LogP contribution in [-0.2, 0) is 55.9 Å². The van der Waals surface area contributed by atoms with Crippen molar-refractivity contribution in [2.24, 2.45) is 11.0 Å². The minimum atomic E-state index is -1.40. The van der Waals surface area contributed by atoms with E-state index in [0.717, 1.165) is 17.3 Å². The van der Waals surface area contributed by atoms with Gasteiger partial charge in [0.05, 0.1) is 36.5 Å². The van der Waals surface area contributed by atoms with Gasteiger partial charge in [0.1, 0.15) is 43.7 Å². The third-order valence-corrected chi connectivity index (χ3v) is 10.0. The van der Waals surface area contributed by atoms with Crippen molar-refractivity contribution in [1.82, 2.24) is 0 Å². The Kier molecular flexibility index (Phi) is 15.3. The number of esters is 3. The first-order chi connectivity index (χ1) is 28.7. The largest absolute Gasteiger partial charge is 0.463 e. The van der Waals surface area contributed by atoms with Gasteiger partial charge in [-0.1, -0.05) is 109 Å². The fourth-order valence-corrected chi connectivity index (χ4v) is 6.96. The average molecular weight is 807 g/mol. The zero-order chi connectivity index (χ0) is 41.6. The van der Waals surface area contributed by atoms with Gasteiger partial charge >= 0.3 is 17.9 Å². The lowest BCUT2D eigenvalue weighted by Gasteiger charge is -2.48. The van der Waals surface area contributed by atoms with Gasteiger partial charge in [-0.05, 0) is 40.9 Å². The van der Waals surface area contributed by atoms with Gasteiger partial charge in [-0.25, -0.2) is 9.59 Å². The summed E-state index contributed by atoms with van der Waals surface area (Å²) in [6.45, 7) is 2.65. The summed E-state index contributed by atoms with van der Waals surface area (Å²) < 4.78 is 49.9. The highest BCUT2D eigenvalue weighted by atomic mass is 16.7. The van der Waals surface area contributed by atoms with E-state index in [0.29, 0.717) is 5.56 Å². The lowest BCUT2D eigenvalue weighted by molar-refractivity contribution is -0.317. The minimum Gasteiger partial charge on any atom is -0.463 e. The molecular formula is C44H46N4O11. The van der Waals surface area contributed by atoms with Gasteiger partial charge in [-0.3, -0.25) is 4.79 Å². The van der Waals surface area contributed by atoms with E-state index >= 15 is 0 Å². The second kappa shape index (κ2) is 21.2. The molecule has 2 aliphatic heterocycles. The summed E-state index contributed by atoms with van der Waals surface area (Å²) in [5.74, 6) is -2.40. The number of nitrogens with zero attached hydrogens (tertiary/aromatic N) is 3. The minimum absolute atomic E-state index is 0.0129. The maximum Gasteiger partial charge on any atom is 0.338 e. The van der Waals surface area contributed by atoms with Gasteiger partial charge in [0.2, 0.25) is 0 Å². The normalized spacial score (nSPS) is 26.4. The molecule has 0 bridgehead atoms. The highest BCUT2D eigenvalue weighted by Crippen LogP contribution is 2.37. The van der Waals surface area contributed by atoms with Crippen molar-refractivity contribution in [3.63, 3.8) is 0 Å². The van der Waals surface area contributed by atoms with Crippen LogP contribution in [0.2, 0.25) is 0 Å². The van der Waals surface area contributed by atoms with Crippen molar-refractivity contribution in [2.75, 3.05) is 13.2 Å². The summed E-state index contributed by atoms with van der Waals surface area (Å²) in [5.41, 5.74) is 12.1. The molecule has 4 aromatic carbocycles. The predicted octanol–water partition coefficient (Wildman–Crippen LogP) is 6.64. The molecule has 0 radical (unpaired) electrons. The van der Waals surface area contributed by atoms with E-state index in [9.17, 15) is 19.9 Å². The summed E-state index contributed by atoms with van der Waals surface area (Å²) >= 11 is 0. The summed E-state index contributed by atoms with van der Waals surface area (Å²) in [6, 6.07) is 34.3. The van der Waals surface area contributed by atoms with E-state index in [4.69, 9.17) is 43.3 Å². The summed E-state index contributed by atoms with van der Waals surface area (Å²) in [6.07, 6.45) is -8.10. The quantitative estimate of drug-likeness (QED) is 0.0300. The van der Waals surface area contributed by atoms with Crippen molar-refractivity contribution in [2.45, 2.75) is 82.1 Å². The second-order valence-corrected chi connectivity index (χ2v) is 14.0. The molecule has 15 heteroatoms. The smallest absolute Gasteiger partial charge is 0.338 e. The van der Waals surface area contributed by atoms with Gasteiger partial charge in [-0.2, -0.15) is 0 Å². The number of ether oxygens (including phenoxy) is 8. The molecule has 4 aromatic rings. The molecule has 308 valence electrons. The fourth-order valence-electron chi connectivity index (χ4n) is 6.96. The Morgan fingerprint density at radius 1 is 0.695 bits per heavy atom. The number of hydrogen-bond acceptors (Lipinski definition) is 13. The molecular weight excluding hydrogens is 761 g/mol. The van der Waals surface area contributed by atoms with E-state index in [2.05, 4.69) is 10.0 Å². The van der Waals surface area contributed by atoms with Crippen LogP contribution in [0.1, 0.15) is 45.7 Å². The van der Waals surface area contributed by atoms with E-state index in [1.165, 1.54) is 6.92 Å². The van der Waals surface area contributed by atoms with Crippen LogP contribution in [0.25, 0.3) is 10.4 Å². The molecule has 2 heterocycles. The zero-order valence-electron chi connectivity index (χ0n) is 32.6. The van der Waals surface area contributed by atoms with Gasteiger partial charge in [0.15, 0.2) is 12.4 Å². The van der Waals surface area contributed by atoms with Crippen LogP contribution in [0, 0.1) is 11.3 Å². The van der Waals surface area contributed by atoms with Crippen molar-refractivity contribution >= 4 is 24.1 Å². The lowest BCUT2D eigenvalue weighted by Crippen LogP contribution is -2.65. The summed E-state index contributed by atoms with van der Waals surface area (Å²) in [4.78, 5) is 42.0. The van der Waals surface area contributed by atoms with Gasteiger partial charge in [0, 0.05) is 24.0 Å². The van der Waals surface area contributed by atoms with Gasteiger partial charge in [-0.15, -0.1) is 0 Å². The summed E-state index contributed by atoms with van der Waals surface area (Å²) in [7, 11) is 0. The molecule has 2 fully saturated rings. The lowest BCUT2D eigenvalue weighted by atomic mass is 9.89. The molecule has 6 rings (SSSR count). The van der Waals surface area contributed by atoms with Crippen molar-refractivity contribution in [3.05, 3.63) is 154 Å². The maximum atomic E-state index is 13.6. The summed E-state index contributed by atoms with van der Waals surface area (Å²) in [5, 5.41) is 12.4. The van der Waals surface area contributed by atoms with E-state index in [-0.39, 0.29) is 32.0 Å². The number of azide groups is 1. The molecule has 6 unspecified atom stereocenters. The molecule has 0 aromatic heterocycles. The molecule has 1 N–H and O–H groups in total. The first-order valence-corrected chi connectivity index (χ1v) is 19.2. The Balaban J connectivity index is 1.37. The standard InChI is InChI=1S/C44H46N4O11/c1-28-35(26-55-42(50)32-19-11-5-12-20-32)57-44(37(47-48-46)38(28)53-24-30-15-7-3-8-16-30)59-40-36(27-52-29(2)49)56-34(23-45)39(58-43(51)33-21-13-6-14-22-33)41(40)54-25-31-17-9-4-10-18-31/h3-23,28,34-41,44-45H,24-27H2,1-2H3/t28?,34?,35?,36-,37-,38-,39?,40+,41?,44?/m0/s1. The van der Waals surface area contributed by atoms with Crippen LogP contribution < -0.4 is 0 Å². The Labute approximate surface area is 341 Å². The monoisotopic (exact) mass is 806 g/mol. The van der Waals surface area contributed by atoms with Crippen LogP contribution >= 0.6 is 0 Å². The zero-order valence-corrected chi connectivity index (χ0v) is 32.6. The first-order valence-electron chi connectivity index (χ1n) is 19.2. The van der Waals surface area contributed by atoms with Crippen molar-refractivity contribution in [3.8, 4) is 0 Å². The van der Waals surface area contributed by atoms with Gasteiger partial charge in [0.25, 0.3) is 0 Å². The van der Waals surface area contributed by atoms with E-state index in [1.54, 1.807) is 60.7 Å². The highest BCUT2D eigenvalue weighted by Gasteiger charge is 2.53. The van der Waals surface area contributed by atoms with Crippen molar-refractivity contribution in [1.29, 1.82) is 5.41 Å². The highest BCUT2D eigenvalue weighted by molar-refractivity contribution is 5.90. The number of hydrogen-bond donors (Lipinski definition) is 1. The molecule has 59 heavy (non-hydrogen) atoms. The molecule has 2 aliphatic rings.